The van der Waals surface area contributed by atoms with Crippen LogP contribution in [0.3, 0.4) is 0 Å². The number of hydrogen-bond donors (Lipinski definition) is 2. The van der Waals surface area contributed by atoms with E-state index in [1.54, 1.807) is 12.3 Å². The van der Waals surface area contributed by atoms with Crippen LogP contribution in [0.5, 0.6) is 0 Å². The molecule has 1 fully saturated rings. The fourth-order valence-electron chi connectivity index (χ4n) is 2.25. The third kappa shape index (κ3) is 4.97. The van der Waals surface area contributed by atoms with Crippen molar-refractivity contribution in [1.82, 2.24) is 10.3 Å². The van der Waals surface area contributed by atoms with Crippen LogP contribution in [-0.2, 0) is 0 Å². The second kappa shape index (κ2) is 8.35. The van der Waals surface area contributed by atoms with Gasteiger partial charge in [-0.2, -0.15) is 0 Å². The molecule has 2 rings (SSSR count). The summed E-state index contributed by atoms with van der Waals surface area (Å²) in [5.41, 5.74) is 7.28. The number of hydrogen-bond acceptors (Lipinski definition) is 3. The number of aromatic nitrogens is 1. The molecule has 108 valence electrons. The van der Waals surface area contributed by atoms with Crippen molar-refractivity contribution in [3.05, 3.63) is 29.6 Å². The zero-order chi connectivity index (χ0) is 12.3. The van der Waals surface area contributed by atoms with Crippen molar-refractivity contribution < 1.29 is 4.79 Å². The number of nitrogens with two attached hydrogens (primary N) is 1. The Bertz CT molecular complexity index is 407. The van der Waals surface area contributed by atoms with E-state index >= 15 is 0 Å². The average molecular weight is 306 g/mol. The lowest BCUT2D eigenvalue weighted by Gasteiger charge is -2.26. The molecule has 3 N–H and O–H groups in total. The molecule has 0 unspecified atom stereocenters. The van der Waals surface area contributed by atoms with Crippen molar-refractivity contribution in [2.24, 2.45) is 5.73 Å². The van der Waals surface area contributed by atoms with Crippen molar-refractivity contribution in [2.45, 2.75) is 44.7 Å². The fraction of sp³-hybridized carbons (Fsp3) is 0.538. The summed E-state index contributed by atoms with van der Waals surface area (Å²) in [6.45, 7) is 1.85. The van der Waals surface area contributed by atoms with Gasteiger partial charge in [-0.15, -0.1) is 24.8 Å². The molecule has 1 heterocycles. The van der Waals surface area contributed by atoms with Gasteiger partial charge in [-0.05, 0) is 44.7 Å². The summed E-state index contributed by atoms with van der Waals surface area (Å²) in [7, 11) is 0. The molecule has 1 saturated carbocycles. The molecule has 1 aromatic heterocycles. The molecular weight excluding hydrogens is 285 g/mol. The van der Waals surface area contributed by atoms with Gasteiger partial charge in [0.1, 0.15) is 0 Å². The highest BCUT2D eigenvalue weighted by Crippen LogP contribution is 2.17. The first kappa shape index (κ1) is 18.2. The minimum atomic E-state index is -0.0175. The highest BCUT2D eigenvalue weighted by molar-refractivity contribution is 5.95. The second-order valence-electron chi connectivity index (χ2n) is 4.72. The Morgan fingerprint density at radius 1 is 1.32 bits per heavy atom. The molecule has 0 bridgehead atoms. The number of amides is 1. The minimum absolute atomic E-state index is 0. The van der Waals surface area contributed by atoms with E-state index in [1.165, 1.54) is 0 Å². The lowest BCUT2D eigenvalue weighted by Crippen LogP contribution is -2.40. The minimum Gasteiger partial charge on any atom is -0.349 e. The number of nitrogens with zero attached hydrogens (tertiary/aromatic N) is 1. The maximum Gasteiger partial charge on any atom is 0.253 e. The highest BCUT2D eigenvalue weighted by Gasteiger charge is 2.21. The number of nitrogens with one attached hydrogen (secondary N) is 1. The largest absolute Gasteiger partial charge is 0.349 e. The molecule has 0 aromatic carbocycles. The topological polar surface area (TPSA) is 68.0 Å². The van der Waals surface area contributed by atoms with Gasteiger partial charge >= 0.3 is 0 Å². The summed E-state index contributed by atoms with van der Waals surface area (Å²) in [6.07, 6.45) is 5.65. The number of carbonyl (C=O) groups is 1. The summed E-state index contributed by atoms with van der Waals surface area (Å²) < 4.78 is 0. The average Bonchev–Trinajstić information content (AvgIpc) is 2.32. The Labute approximate surface area is 126 Å². The smallest absolute Gasteiger partial charge is 0.253 e. The maximum atomic E-state index is 12.0. The molecule has 0 radical (unpaired) electrons. The molecule has 0 saturated heterocycles. The van der Waals surface area contributed by atoms with Crippen LogP contribution < -0.4 is 11.1 Å². The monoisotopic (exact) mass is 305 g/mol. The first-order valence-corrected chi connectivity index (χ1v) is 6.15. The van der Waals surface area contributed by atoms with E-state index in [0.717, 1.165) is 31.4 Å². The normalized spacial score (nSPS) is 21.8. The van der Waals surface area contributed by atoms with Gasteiger partial charge in [0.15, 0.2) is 0 Å². The Hall–Kier alpha value is -0.840. The lowest BCUT2D eigenvalue weighted by molar-refractivity contribution is 0.0925. The van der Waals surface area contributed by atoms with E-state index < -0.39 is 0 Å². The van der Waals surface area contributed by atoms with E-state index in [9.17, 15) is 4.79 Å². The van der Waals surface area contributed by atoms with E-state index in [-0.39, 0.29) is 36.8 Å². The molecule has 1 aliphatic rings. The van der Waals surface area contributed by atoms with Gasteiger partial charge in [0.2, 0.25) is 0 Å². The zero-order valence-corrected chi connectivity index (χ0v) is 12.6. The summed E-state index contributed by atoms with van der Waals surface area (Å²) in [4.78, 5) is 16.2. The maximum absolute atomic E-state index is 12.0. The van der Waals surface area contributed by atoms with Crippen LogP contribution in [0, 0.1) is 6.92 Å². The van der Waals surface area contributed by atoms with Crippen LogP contribution in [0.4, 0.5) is 0 Å². The van der Waals surface area contributed by atoms with Crippen molar-refractivity contribution in [2.75, 3.05) is 0 Å². The second-order valence-corrected chi connectivity index (χ2v) is 4.72. The molecule has 4 nitrogen and oxygen atoms in total. The van der Waals surface area contributed by atoms with Crippen molar-refractivity contribution in [3.63, 3.8) is 0 Å². The third-order valence-corrected chi connectivity index (χ3v) is 3.36. The zero-order valence-electron chi connectivity index (χ0n) is 11.0. The third-order valence-electron chi connectivity index (χ3n) is 3.36. The van der Waals surface area contributed by atoms with E-state index in [0.29, 0.717) is 11.6 Å². The SMILES string of the molecule is Cc1ncccc1C(=O)NC1CCC(N)CC1.Cl.Cl. The number of pyridine rings is 1. The summed E-state index contributed by atoms with van der Waals surface area (Å²) >= 11 is 0. The molecule has 0 atom stereocenters. The van der Waals surface area contributed by atoms with Gasteiger partial charge in [0.25, 0.3) is 5.91 Å². The summed E-state index contributed by atoms with van der Waals surface area (Å²) in [5.74, 6) is -0.0175. The first-order chi connectivity index (χ1) is 8.16. The van der Waals surface area contributed by atoms with Crippen LogP contribution in [-0.4, -0.2) is 23.0 Å². The standard InChI is InChI=1S/C13H19N3O.2ClH/c1-9-12(3-2-8-15-9)13(17)16-11-6-4-10(14)5-7-11;;/h2-3,8,10-11H,4-7,14H2,1H3,(H,16,17);2*1H. The predicted octanol–water partition coefficient (Wildman–Crippen LogP) is 2.23. The van der Waals surface area contributed by atoms with Crippen molar-refractivity contribution in [3.8, 4) is 0 Å². The van der Waals surface area contributed by atoms with Crippen molar-refractivity contribution >= 4 is 30.7 Å². The van der Waals surface area contributed by atoms with Gasteiger partial charge in [-0.3, -0.25) is 9.78 Å². The fourth-order valence-corrected chi connectivity index (χ4v) is 2.25. The number of aryl methyl sites for hydroxylation is 1. The number of carbonyl (C=O) groups excluding carboxylic acids is 1. The van der Waals surface area contributed by atoms with Crippen LogP contribution in [0.1, 0.15) is 41.7 Å². The Balaban J connectivity index is 0.00000162. The highest BCUT2D eigenvalue weighted by atomic mass is 35.5. The van der Waals surface area contributed by atoms with Crippen molar-refractivity contribution in [1.29, 1.82) is 0 Å². The quantitative estimate of drug-likeness (QED) is 0.880. The molecule has 6 heteroatoms. The van der Waals surface area contributed by atoms with E-state index in [2.05, 4.69) is 10.3 Å². The molecule has 0 aliphatic heterocycles. The van der Waals surface area contributed by atoms with Crippen LogP contribution in [0.25, 0.3) is 0 Å². The Kier molecular flexibility index (Phi) is 7.99. The molecule has 19 heavy (non-hydrogen) atoms. The first-order valence-electron chi connectivity index (χ1n) is 6.15. The van der Waals surface area contributed by atoms with Gasteiger partial charge in [-0.25, -0.2) is 0 Å². The van der Waals surface area contributed by atoms with E-state index in [1.807, 2.05) is 13.0 Å². The Morgan fingerprint density at radius 3 is 2.53 bits per heavy atom. The summed E-state index contributed by atoms with van der Waals surface area (Å²) in [5, 5.41) is 3.06. The summed E-state index contributed by atoms with van der Waals surface area (Å²) in [6, 6.07) is 4.18. The molecule has 1 aliphatic carbocycles. The molecule has 0 spiro atoms. The predicted molar refractivity (Wildman–Crippen MR) is 81.2 cm³/mol. The lowest BCUT2D eigenvalue weighted by atomic mass is 9.91. The van der Waals surface area contributed by atoms with Gasteiger partial charge in [0, 0.05) is 24.0 Å². The van der Waals surface area contributed by atoms with Gasteiger partial charge < -0.3 is 11.1 Å². The van der Waals surface area contributed by atoms with Crippen LogP contribution in [0.15, 0.2) is 18.3 Å². The van der Waals surface area contributed by atoms with Gasteiger partial charge in [-0.1, -0.05) is 0 Å². The van der Waals surface area contributed by atoms with Crippen LogP contribution >= 0.6 is 24.8 Å². The number of halogens is 2. The van der Waals surface area contributed by atoms with E-state index in [4.69, 9.17) is 5.73 Å². The molecular formula is C13H21Cl2N3O. The molecule has 1 amide bonds. The van der Waals surface area contributed by atoms with Crippen LogP contribution in [0.2, 0.25) is 0 Å². The van der Waals surface area contributed by atoms with Gasteiger partial charge in [0.05, 0.1) is 5.56 Å². The molecule has 1 aromatic rings. The number of rotatable bonds is 2. The Morgan fingerprint density at radius 2 is 1.95 bits per heavy atom.